The molecule has 0 amide bonds. The number of hydrogen-bond donors (Lipinski definition) is 0. The van der Waals surface area contributed by atoms with E-state index in [9.17, 15) is 8.42 Å². The Hall–Kier alpha value is -1.49. The SMILES string of the molecule is CCc1cc(S(=O)(=O)C2=CCCC=C2)nc(C)n1. The summed E-state index contributed by atoms with van der Waals surface area (Å²) in [7, 11) is -3.49. The molecule has 0 saturated heterocycles. The molecule has 1 aliphatic rings. The normalized spacial score (nSPS) is 15.6. The van der Waals surface area contributed by atoms with E-state index < -0.39 is 9.84 Å². The first-order chi connectivity index (χ1) is 8.54. The molecule has 0 bridgehead atoms. The van der Waals surface area contributed by atoms with Crippen molar-refractivity contribution in [2.75, 3.05) is 0 Å². The van der Waals surface area contributed by atoms with E-state index in [4.69, 9.17) is 0 Å². The Kier molecular flexibility index (Phi) is 3.61. The second-order valence-corrected chi connectivity index (χ2v) is 6.08. The largest absolute Gasteiger partial charge is 0.238 e. The first kappa shape index (κ1) is 13.0. The van der Waals surface area contributed by atoms with E-state index in [2.05, 4.69) is 9.97 Å². The number of nitrogens with zero attached hydrogens (tertiary/aromatic N) is 2. The van der Waals surface area contributed by atoms with Crippen LogP contribution in [0.15, 0.2) is 34.2 Å². The van der Waals surface area contributed by atoms with Gasteiger partial charge in [-0.15, -0.1) is 0 Å². The Bertz CT molecular complexity index is 616. The summed E-state index contributed by atoms with van der Waals surface area (Å²) in [6.07, 6.45) is 7.63. The van der Waals surface area contributed by atoms with Gasteiger partial charge < -0.3 is 0 Å². The molecule has 0 spiro atoms. The van der Waals surface area contributed by atoms with Crippen molar-refractivity contribution in [2.45, 2.75) is 38.1 Å². The third-order valence-electron chi connectivity index (χ3n) is 2.78. The van der Waals surface area contributed by atoms with Gasteiger partial charge in [0.25, 0.3) is 0 Å². The predicted molar refractivity (Wildman–Crippen MR) is 69.8 cm³/mol. The molecule has 0 saturated carbocycles. The summed E-state index contributed by atoms with van der Waals surface area (Å²) < 4.78 is 24.8. The first-order valence-corrected chi connectivity index (χ1v) is 7.48. The van der Waals surface area contributed by atoms with E-state index in [-0.39, 0.29) is 5.03 Å². The van der Waals surface area contributed by atoms with Crippen molar-refractivity contribution in [1.29, 1.82) is 0 Å². The van der Waals surface area contributed by atoms with Crippen LogP contribution in [0.5, 0.6) is 0 Å². The third kappa shape index (κ3) is 2.51. The molecular weight excluding hydrogens is 248 g/mol. The number of aromatic nitrogens is 2. The van der Waals surface area contributed by atoms with Crippen molar-refractivity contribution in [3.05, 3.63) is 40.7 Å². The molecule has 0 aromatic carbocycles. The zero-order chi connectivity index (χ0) is 13.2. The molecule has 0 unspecified atom stereocenters. The lowest BCUT2D eigenvalue weighted by Gasteiger charge is -2.09. The minimum absolute atomic E-state index is 0.102. The highest BCUT2D eigenvalue weighted by Crippen LogP contribution is 2.22. The van der Waals surface area contributed by atoms with Gasteiger partial charge in [0.15, 0.2) is 5.03 Å². The summed E-state index contributed by atoms with van der Waals surface area (Å²) in [6.45, 7) is 3.65. The van der Waals surface area contributed by atoms with Crippen molar-refractivity contribution in [3.63, 3.8) is 0 Å². The van der Waals surface area contributed by atoms with E-state index in [1.54, 1.807) is 25.1 Å². The highest BCUT2D eigenvalue weighted by atomic mass is 32.2. The molecule has 1 aromatic rings. The molecule has 96 valence electrons. The van der Waals surface area contributed by atoms with Crippen LogP contribution in [-0.2, 0) is 16.3 Å². The van der Waals surface area contributed by atoms with Crippen LogP contribution in [0, 0.1) is 6.92 Å². The highest BCUT2D eigenvalue weighted by molar-refractivity contribution is 7.95. The Morgan fingerprint density at radius 3 is 2.67 bits per heavy atom. The van der Waals surface area contributed by atoms with Crippen LogP contribution < -0.4 is 0 Å². The monoisotopic (exact) mass is 264 g/mol. The van der Waals surface area contributed by atoms with Crippen LogP contribution in [0.25, 0.3) is 0 Å². The fourth-order valence-electron chi connectivity index (χ4n) is 1.83. The van der Waals surface area contributed by atoms with Gasteiger partial charge in [-0.1, -0.05) is 19.1 Å². The molecule has 0 fully saturated rings. The van der Waals surface area contributed by atoms with Crippen molar-refractivity contribution < 1.29 is 8.42 Å². The zero-order valence-electron chi connectivity index (χ0n) is 10.5. The van der Waals surface area contributed by atoms with Gasteiger partial charge in [-0.3, -0.25) is 0 Å². The van der Waals surface area contributed by atoms with Crippen molar-refractivity contribution in [2.24, 2.45) is 0 Å². The molecule has 1 aliphatic carbocycles. The van der Waals surface area contributed by atoms with Crippen LogP contribution in [-0.4, -0.2) is 18.4 Å². The topological polar surface area (TPSA) is 59.9 Å². The van der Waals surface area contributed by atoms with E-state index in [1.807, 2.05) is 13.0 Å². The van der Waals surface area contributed by atoms with Gasteiger partial charge in [0.2, 0.25) is 9.84 Å². The molecule has 0 N–H and O–H groups in total. The van der Waals surface area contributed by atoms with Gasteiger partial charge in [0.05, 0.1) is 4.91 Å². The smallest absolute Gasteiger partial charge is 0.223 e. The molecule has 2 rings (SSSR count). The Morgan fingerprint density at radius 1 is 1.28 bits per heavy atom. The average molecular weight is 264 g/mol. The van der Waals surface area contributed by atoms with Crippen LogP contribution in [0.2, 0.25) is 0 Å². The van der Waals surface area contributed by atoms with Gasteiger partial charge >= 0.3 is 0 Å². The Labute approximate surface area is 107 Å². The summed E-state index contributed by atoms with van der Waals surface area (Å²) in [5.41, 5.74) is 0.751. The minimum atomic E-state index is -3.49. The zero-order valence-corrected chi connectivity index (χ0v) is 11.4. The second kappa shape index (κ2) is 5.02. The van der Waals surface area contributed by atoms with Crippen LogP contribution in [0.1, 0.15) is 31.3 Å². The van der Waals surface area contributed by atoms with Gasteiger partial charge in [-0.25, -0.2) is 18.4 Å². The maximum Gasteiger partial charge on any atom is 0.223 e. The summed E-state index contributed by atoms with van der Waals surface area (Å²) in [5, 5.41) is 0.102. The maximum atomic E-state index is 12.4. The highest BCUT2D eigenvalue weighted by Gasteiger charge is 2.22. The molecule has 0 radical (unpaired) electrons. The van der Waals surface area contributed by atoms with Crippen molar-refractivity contribution in [3.8, 4) is 0 Å². The van der Waals surface area contributed by atoms with Gasteiger partial charge in [-0.2, -0.15) is 0 Å². The molecule has 0 aliphatic heterocycles. The summed E-state index contributed by atoms with van der Waals surface area (Å²) in [6, 6.07) is 1.56. The molecule has 5 heteroatoms. The molecule has 4 nitrogen and oxygen atoms in total. The average Bonchev–Trinajstić information content (AvgIpc) is 2.39. The lowest BCUT2D eigenvalue weighted by molar-refractivity contribution is 0.597. The number of allylic oxidation sites excluding steroid dienone is 3. The van der Waals surface area contributed by atoms with Crippen molar-refractivity contribution in [1.82, 2.24) is 9.97 Å². The van der Waals surface area contributed by atoms with Crippen LogP contribution >= 0.6 is 0 Å². The van der Waals surface area contributed by atoms with Crippen LogP contribution in [0.3, 0.4) is 0 Å². The quantitative estimate of drug-likeness (QED) is 0.786. The lowest BCUT2D eigenvalue weighted by atomic mass is 10.2. The summed E-state index contributed by atoms with van der Waals surface area (Å²) >= 11 is 0. The van der Waals surface area contributed by atoms with Crippen molar-refractivity contribution >= 4 is 9.84 Å². The summed E-state index contributed by atoms with van der Waals surface area (Å²) in [4.78, 5) is 8.59. The maximum absolute atomic E-state index is 12.4. The fraction of sp³-hybridized carbons (Fsp3) is 0.385. The van der Waals surface area contributed by atoms with Crippen LogP contribution in [0.4, 0.5) is 0 Å². The van der Waals surface area contributed by atoms with Gasteiger partial charge in [0, 0.05) is 5.69 Å². The molecular formula is C13H16N2O2S. The number of aryl methyl sites for hydroxylation is 2. The first-order valence-electron chi connectivity index (χ1n) is 6.00. The van der Waals surface area contributed by atoms with E-state index in [1.165, 1.54) is 0 Å². The van der Waals surface area contributed by atoms with E-state index in [0.717, 1.165) is 18.5 Å². The van der Waals surface area contributed by atoms with Gasteiger partial charge in [0.1, 0.15) is 5.82 Å². The number of rotatable bonds is 3. The molecule has 0 atom stereocenters. The Morgan fingerprint density at radius 2 is 2.06 bits per heavy atom. The minimum Gasteiger partial charge on any atom is -0.238 e. The Balaban J connectivity index is 2.50. The van der Waals surface area contributed by atoms with E-state index in [0.29, 0.717) is 17.2 Å². The van der Waals surface area contributed by atoms with Gasteiger partial charge in [-0.05, 0) is 38.3 Å². The summed E-state index contributed by atoms with van der Waals surface area (Å²) in [5.74, 6) is 0.494. The fourth-order valence-corrected chi connectivity index (χ4v) is 3.23. The molecule has 1 aromatic heterocycles. The predicted octanol–water partition coefficient (Wildman–Crippen LogP) is 2.36. The number of hydrogen-bond acceptors (Lipinski definition) is 4. The number of sulfone groups is 1. The molecule has 18 heavy (non-hydrogen) atoms. The standard InChI is InChI=1S/C13H16N2O2S/c1-3-11-9-13(15-10(2)14-11)18(16,17)12-7-5-4-6-8-12/h5,7-9H,3-4,6H2,1-2H3. The third-order valence-corrected chi connectivity index (χ3v) is 4.46. The lowest BCUT2D eigenvalue weighted by Crippen LogP contribution is -2.09. The second-order valence-electron chi connectivity index (χ2n) is 4.19. The van der Waals surface area contributed by atoms with E-state index >= 15 is 0 Å². The molecule has 1 heterocycles.